The third-order valence-electron chi connectivity index (χ3n) is 2.41. The molecule has 0 saturated heterocycles. The SMILES string of the molecule is Cc1ccc(C#N)c(Sc2nc(=O)c(=O)[nH]n2C)c1. The Hall–Kier alpha value is -2.33. The number of aromatic amines is 1. The van der Waals surface area contributed by atoms with Crippen molar-refractivity contribution in [2.45, 2.75) is 17.0 Å². The number of nitrogens with zero attached hydrogens (tertiary/aromatic N) is 3. The van der Waals surface area contributed by atoms with Crippen LogP contribution in [-0.4, -0.2) is 14.8 Å². The molecule has 0 radical (unpaired) electrons. The molecule has 0 aliphatic carbocycles. The van der Waals surface area contributed by atoms with Gasteiger partial charge in [-0.2, -0.15) is 10.2 Å². The predicted octanol–water partition coefficient (Wildman–Crippen LogP) is 0.800. The molecule has 0 spiro atoms. The fraction of sp³-hybridized carbons (Fsp3) is 0.167. The van der Waals surface area contributed by atoms with Crippen LogP contribution in [0.1, 0.15) is 11.1 Å². The maximum absolute atomic E-state index is 11.3. The van der Waals surface area contributed by atoms with Gasteiger partial charge in [0.2, 0.25) is 0 Å². The zero-order chi connectivity index (χ0) is 14.0. The van der Waals surface area contributed by atoms with Crippen molar-refractivity contribution in [1.82, 2.24) is 14.8 Å². The number of benzene rings is 1. The van der Waals surface area contributed by atoms with Crippen LogP contribution >= 0.6 is 11.8 Å². The van der Waals surface area contributed by atoms with E-state index in [1.165, 1.54) is 4.68 Å². The highest BCUT2D eigenvalue weighted by molar-refractivity contribution is 7.99. The molecule has 96 valence electrons. The fourth-order valence-electron chi connectivity index (χ4n) is 1.46. The lowest BCUT2D eigenvalue weighted by Crippen LogP contribution is -2.33. The number of nitrogens with one attached hydrogen (secondary N) is 1. The van der Waals surface area contributed by atoms with Gasteiger partial charge in [-0.25, -0.2) is 0 Å². The molecule has 1 aromatic heterocycles. The minimum Gasteiger partial charge on any atom is -0.265 e. The van der Waals surface area contributed by atoms with Gasteiger partial charge >= 0.3 is 11.1 Å². The first kappa shape index (κ1) is 13.1. The average molecular weight is 274 g/mol. The third kappa shape index (κ3) is 2.74. The van der Waals surface area contributed by atoms with E-state index >= 15 is 0 Å². The van der Waals surface area contributed by atoms with Crippen LogP contribution in [-0.2, 0) is 7.05 Å². The Bertz CT molecular complexity index is 786. The summed E-state index contributed by atoms with van der Waals surface area (Å²) in [4.78, 5) is 26.7. The van der Waals surface area contributed by atoms with Gasteiger partial charge < -0.3 is 0 Å². The van der Waals surface area contributed by atoms with E-state index in [0.717, 1.165) is 17.3 Å². The Morgan fingerprint density at radius 3 is 2.84 bits per heavy atom. The summed E-state index contributed by atoms with van der Waals surface area (Å²) in [6.45, 7) is 1.91. The summed E-state index contributed by atoms with van der Waals surface area (Å²) in [5.74, 6) is 0. The van der Waals surface area contributed by atoms with Crippen LogP contribution in [0.25, 0.3) is 0 Å². The van der Waals surface area contributed by atoms with Crippen molar-refractivity contribution in [3.05, 3.63) is 50.0 Å². The summed E-state index contributed by atoms with van der Waals surface area (Å²) in [5.41, 5.74) is -0.115. The van der Waals surface area contributed by atoms with Crippen LogP contribution in [0.2, 0.25) is 0 Å². The summed E-state index contributed by atoms with van der Waals surface area (Å²) >= 11 is 1.16. The van der Waals surface area contributed by atoms with Crippen LogP contribution in [0.5, 0.6) is 0 Å². The molecule has 6 nitrogen and oxygen atoms in total. The molecule has 2 rings (SSSR count). The zero-order valence-corrected chi connectivity index (χ0v) is 11.1. The maximum atomic E-state index is 11.3. The van der Waals surface area contributed by atoms with Crippen molar-refractivity contribution in [3.63, 3.8) is 0 Å². The molecule has 0 fully saturated rings. The normalized spacial score (nSPS) is 10.2. The number of aromatic nitrogens is 3. The summed E-state index contributed by atoms with van der Waals surface area (Å²) in [6.07, 6.45) is 0. The smallest absolute Gasteiger partial charge is 0.265 e. The summed E-state index contributed by atoms with van der Waals surface area (Å²) in [7, 11) is 1.58. The Morgan fingerprint density at radius 2 is 2.16 bits per heavy atom. The second-order valence-corrected chi connectivity index (χ2v) is 4.92. The van der Waals surface area contributed by atoms with Crippen molar-refractivity contribution < 1.29 is 0 Å². The van der Waals surface area contributed by atoms with Crippen molar-refractivity contribution in [2.24, 2.45) is 7.05 Å². The van der Waals surface area contributed by atoms with Crippen LogP contribution in [0.15, 0.2) is 37.8 Å². The number of hydrogen-bond acceptors (Lipinski definition) is 5. The second kappa shape index (κ2) is 5.12. The van der Waals surface area contributed by atoms with Crippen LogP contribution < -0.4 is 11.1 Å². The van der Waals surface area contributed by atoms with Crippen molar-refractivity contribution in [1.29, 1.82) is 5.26 Å². The Morgan fingerprint density at radius 1 is 1.42 bits per heavy atom. The second-order valence-electron chi connectivity index (χ2n) is 3.91. The number of H-pyrrole nitrogens is 1. The van der Waals surface area contributed by atoms with Gasteiger partial charge in [0.1, 0.15) is 6.07 Å². The first-order valence-corrected chi connectivity index (χ1v) is 6.19. The standard InChI is InChI=1S/C12H10N4O2S/c1-7-3-4-8(6-13)9(5-7)19-12-14-10(17)11(18)15-16(12)2/h3-5H,1-2H3,(H,15,18). The van der Waals surface area contributed by atoms with E-state index in [4.69, 9.17) is 5.26 Å². The third-order valence-corrected chi connectivity index (χ3v) is 3.51. The first-order chi connectivity index (χ1) is 9.01. The zero-order valence-electron chi connectivity index (χ0n) is 10.3. The molecule has 2 aromatic rings. The molecule has 0 bridgehead atoms. The van der Waals surface area contributed by atoms with Gasteiger partial charge in [0.05, 0.1) is 5.56 Å². The van der Waals surface area contributed by atoms with Gasteiger partial charge in [-0.3, -0.25) is 19.4 Å². The molecule has 7 heteroatoms. The van der Waals surface area contributed by atoms with Gasteiger partial charge in [-0.1, -0.05) is 6.07 Å². The number of hydrogen-bond donors (Lipinski definition) is 1. The first-order valence-electron chi connectivity index (χ1n) is 5.37. The Labute approximate surface area is 112 Å². The monoisotopic (exact) mass is 274 g/mol. The fourth-order valence-corrected chi connectivity index (χ4v) is 2.43. The predicted molar refractivity (Wildman–Crippen MR) is 70.1 cm³/mol. The van der Waals surface area contributed by atoms with Crippen LogP contribution in [0.3, 0.4) is 0 Å². The number of nitriles is 1. The lowest BCUT2D eigenvalue weighted by molar-refractivity contribution is 0.596. The van der Waals surface area contributed by atoms with Gasteiger partial charge in [0.15, 0.2) is 5.16 Å². The lowest BCUT2D eigenvalue weighted by atomic mass is 10.2. The quantitative estimate of drug-likeness (QED) is 0.818. The highest BCUT2D eigenvalue weighted by atomic mass is 32.2. The molecule has 1 heterocycles. The van der Waals surface area contributed by atoms with E-state index in [1.54, 1.807) is 13.1 Å². The molecule has 0 aliphatic rings. The van der Waals surface area contributed by atoms with Crippen molar-refractivity contribution in [3.8, 4) is 6.07 Å². The largest absolute Gasteiger partial charge is 0.339 e. The van der Waals surface area contributed by atoms with Crippen LogP contribution in [0.4, 0.5) is 0 Å². The lowest BCUT2D eigenvalue weighted by Gasteiger charge is -2.07. The van der Waals surface area contributed by atoms with E-state index < -0.39 is 11.1 Å². The maximum Gasteiger partial charge on any atom is 0.339 e. The van der Waals surface area contributed by atoms with Gasteiger partial charge in [-0.15, -0.1) is 0 Å². The van der Waals surface area contributed by atoms with Gasteiger partial charge in [0, 0.05) is 11.9 Å². The van der Waals surface area contributed by atoms with E-state index in [9.17, 15) is 9.59 Å². The van der Waals surface area contributed by atoms with E-state index in [-0.39, 0.29) is 0 Å². The molecule has 0 unspecified atom stereocenters. The molecule has 0 aliphatic heterocycles. The van der Waals surface area contributed by atoms with E-state index in [2.05, 4.69) is 16.2 Å². The molecule has 0 atom stereocenters. The van der Waals surface area contributed by atoms with Crippen LogP contribution in [0, 0.1) is 18.3 Å². The highest BCUT2D eigenvalue weighted by Crippen LogP contribution is 2.28. The molecule has 0 saturated carbocycles. The molecule has 1 aromatic carbocycles. The Kier molecular flexibility index (Phi) is 3.53. The van der Waals surface area contributed by atoms with Gasteiger partial charge in [0.25, 0.3) is 0 Å². The number of rotatable bonds is 2. The number of aryl methyl sites for hydroxylation is 2. The Balaban J connectivity index is 2.50. The minimum absolute atomic E-state index is 0.326. The molecule has 0 amide bonds. The molecule has 19 heavy (non-hydrogen) atoms. The van der Waals surface area contributed by atoms with E-state index in [0.29, 0.717) is 15.6 Å². The average Bonchev–Trinajstić information content (AvgIpc) is 2.36. The summed E-state index contributed by atoms with van der Waals surface area (Å²) in [6, 6.07) is 7.46. The topological polar surface area (TPSA) is 91.5 Å². The van der Waals surface area contributed by atoms with Gasteiger partial charge in [-0.05, 0) is 36.4 Å². The summed E-state index contributed by atoms with van der Waals surface area (Å²) < 4.78 is 1.36. The van der Waals surface area contributed by atoms with E-state index in [1.807, 2.05) is 19.1 Å². The minimum atomic E-state index is -0.841. The summed E-state index contributed by atoms with van der Waals surface area (Å²) in [5, 5.41) is 11.7. The molecule has 1 N–H and O–H groups in total. The van der Waals surface area contributed by atoms with Crippen molar-refractivity contribution >= 4 is 11.8 Å². The molecular formula is C12H10N4O2S. The van der Waals surface area contributed by atoms with Crippen molar-refractivity contribution in [2.75, 3.05) is 0 Å². The highest BCUT2D eigenvalue weighted by Gasteiger charge is 2.09. The molecular weight excluding hydrogens is 264 g/mol.